The zero-order valence-corrected chi connectivity index (χ0v) is 17.6. The monoisotopic (exact) mass is 414 g/mol. The predicted molar refractivity (Wildman–Crippen MR) is 121 cm³/mol. The molecule has 2 aromatic heterocycles. The highest BCUT2D eigenvalue weighted by atomic mass is 32.1. The Hall–Kier alpha value is -3.18. The number of carbonyl (C=O) groups is 1. The van der Waals surface area contributed by atoms with E-state index in [1.54, 1.807) is 18.4 Å². The molecule has 2 aromatic carbocycles. The zero-order chi connectivity index (χ0) is 20.5. The molecule has 1 amide bonds. The summed E-state index contributed by atoms with van der Waals surface area (Å²) in [5.74, 6) is 1.29. The van der Waals surface area contributed by atoms with Crippen molar-refractivity contribution < 1.29 is 9.53 Å². The Morgan fingerprint density at radius 2 is 1.93 bits per heavy atom. The van der Waals surface area contributed by atoms with Crippen molar-refractivity contribution >= 4 is 28.1 Å². The molecule has 1 saturated heterocycles. The van der Waals surface area contributed by atoms with Crippen LogP contribution in [0.25, 0.3) is 21.5 Å². The van der Waals surface area contributed by atoms with Gasteiger partial charge in [-0.15, -0.1) is 11.3 Å². The van der Waals surface area contributed by atoms with Crippen molar-refractivity contribution in [1.29, 1.82) is 0 Å². The second kappa shape index (κ2) is 7.92. The minimum absolute atomic E-state index is 0.0856. The number of fused-ring (bicyclic) bond motifs is 1. The Bertz CT molecular complexity index is 1190. The van der Waals surface area contributed by atoms with E-state index in [1.807, 2.05) is 64.9 Å². The standard InChI is InChI=1S/C25H22N2O2S/c1-29-19-10-8-17(9-11-19)18-12-13-27(16-18)25(28)21-15-23(24-7-4-14-30-24)26-22-6-3-2-5-20(21)22/h2-11,14-15,18H,12-13,16H2,1H3. The molecule has 1 unspecified atom stereocenters. The van der Waals surface area contributed by atoms with Gasteiger partial charge in [0.05, 0.1) is 28.8 Å². The third kappa shape index (κ3) is 3.46. The Morgan fingerprint density at radius 3 is 2.70 bits per heavy atom. The second-order valence-corrected chi connectivity index (χ2v) is 8.51. The molecule has 3 heterocycles. The predicted octanol–water partition coefficient (Wildman–Crippen LogP) is 5.60. The van der Waals surface area contributed by atoms with E-state index in [4.69, 9.17) is 9.72 Å². The minimum atomic E-state index is 0.0856. The van der Waals surface area contributed by atoms with E-state index in [-0.39, 0.29) is 5.91 Å². The summed E-state index contributed by atoms with van der Waals surface area (Å²) in [5.41, 5.74) is 3.71. The maximum absolute atomic E-state index is 13.5. The van der Waals surface area contributed by atoms with Crippen LogP contribution >= 0.6 is 11.3 Å². The first-order chi connectivity index (χ1) is 14.7. The van der Waals surface area contributed by atoms with Gasteiger partial charge >= 0.3 is 0 Å². The van der Waals surface area contributed by atoms with Crippen LogP contribution in [0.4, 0.5) is 0 Å². The van der Waals surface area contributed by atoms with Crippen LogP contribution in [-0.4, -0.2) is 36.0 Å². The molecule has 0 N–H and O–H groups in total. The molecule has 30 heavy (non-hydrogen) atoms. The number of benzene rings is 2. The molecule has 1 aliphatic rings. The molecule has 5 rings (SSSR count). The number of methoxy groups -OCH3 is 1. The molecule has 1 atom stereocenters. The zero-order valence-electron chi connectivity index (χ0n) is 16.7. The summed E-state index contributed by atoms with van der Waals surface area (Å²) in [6.07, 6.45) is 0.971. The van der Waals surface area contributed by atoms with E-state index in [0.29, 0.717) is 5.92 Å². The van der Waals surface area contributed by atoms with E-state index in [9.17, 15) is 4.79 Å². The molecular formula is C25H22N2O2S. The van der Waals surface area contributed by atoms with Crippen molar-refractivity contribution in [2.45, 2.75) is 12.3 Å². The van der Waals surface area contributed by atoms with Gasteiger partial charge in [-0.3, -0.25) is 4.79 Å². The Balaban J connectivity index is 1.46. The van der Waals surface area contributed by atoms with Crippen molar-refractivity contribution in [3.8, 4) is 16.3 Å². The summed E-state index contributed by atoms with van der Waals surface area (Å²) in [6.45, 7) is 1.50. The van der Waals surface area contributed by atoms with Gasteiger partial charge in [-0.05, 0) is 47.7 Å². The number of rotatable bonds is 4. The van der Waals surface area contributed by atoms with E-state index in [1.165, 1.54) is 5.56 Å². The van der Waals surface area contributed by atoms with Crippen LogP contribution in [0.2, 0.25) is 0 Å². The van der Waals surface area contributed by atoms with Crippen molar-refractivity contribution in [3.63, 3.8) is 0 Å². The molecule has 1 fully saturated rings. The van der Waals surface area contributed by atoms with Gasteiger partial charge in [-0.25, -0.2) is 4.98 Å². The number of pyridine rings is 1. The Morgan fingerprint density at radius 1 is 1.10 bits per heavy atom. The third-order valence-electron chi connectivity index (χ3n) is 5.78. The highest BCUT2D eigenvalue weighted by Gasteiger charge is 2.29. The van der Waals surface area contributed by atoms with Crippen LogP contribution in [-0.2, 0) is 0 Å². The molecule has 4 nitrogen and oxygen atoms in total. The number of hydrogen-bond donors (Lipinski definition) is 0. The van der Waals surface area contributed by atoms with Gasteiger partial charge in [-0.2, -0.15) is 0 Å². The second-order valence-electron chi connectivity index (χ2n) is 7.56. The highest BCUT2D eigenvalue weighted by molar-refractivity contribution is 7.13. The quantitative estimate of drug-likeness (QED) is 0.436. The smallest absolute Gasteiger partial charge is 0.254 e. The number of amides is 1. The fraction of sp³-hybridized carbons (Fsp3) is 0.200. The van der Waals surface area contributed by atoms with Crippen LogP contribution in [0.3, 0.4) is 0 Å². The molecule has 0 saturated carbocycles. The number of nitrogens with zero attached hydrogens (tertiary/aromatic N) is 2. The van der Waals surface area contributed by atoms with E-state index in [2.05, 4.69) is 12.1 Å². The summed E-state index contributed by atoms with van der Waals surface area (Å²) in [7, 11) is 1.68. The Labute approximate surface area is 179 Å². The lowest BCUT2D eigenvalue weighted by Gasteiger charge is -2.18. The summed E-state index contributed by atoms with van der Waals surface area (Å²) in [5, 5.41) is 2.95. The number of ether oxygens (including phenoxy) is 1. The topological polar surface area (TPSA) is 42.4 Å². The molecule has 1 aliphatic heterocycles. The molecular weight excluding hydrogens is 392 g/mol. The average molecular weight is 415 g/mol. The Kier molecular flexibility index (Phi) is 4.97. The van der Waals surface area contributed by atoms with Crippen LogP contribution in [0, 0.1) is 0 Å². The largest absolute Gasteiger partial charge is 0.497 e. The number of aromatic nitrogens is 1. The van der Waals surface area contributed by atoms with Crippen molar-refractivity contribution in [1.82, 2.24) is 9.88 Å². The first-order valence-corrected chi connectivity index (χ1v) is 11.0. The lowest BCUT2D eigenvalue weighted by Crippen LogP contribution is -2.28. The summed E-state index contributed by atoms with van der Waals surface area (Å²) >= 11 is 1.64. The van der Waals surface area contributed by atoms with Crippen LogP contribution < -0.4 is 4.74 Å². The fourth-order valence-corrected chi connectivity index (χ4v) is 4.85. The third-order valence-corrected chi connectivity index (χ3v) is 6.68. The van der Waals surface area contributed by atoms with Crippen molar-refractivity contribution in [3.05, 3.63) is 83.2 Å². The summed E-state index contributed by atoms with van der Waals surface area (Å²) < 4.78 is 5.26. The van der Waals surface area contributed by atoms with Gasteiger partial charge < -0.3 is 9.64 Å². The van der Waals surface area contributed by atoms with Gasteiger partial charge in [0, 0.05) is 24.4 Å². The maximum atomic E-state index is 13.5. The molecule has 0 bridgehead atoms. The number of hydrogen-bond acceptors (Lipinski definition) is 4. The SMILES string of the molecule is COc1ccc(C2CCN(C(=O)c3cc(-c4cccs4)nc4ccccc34)C2)cc1. The molecule has 0 aliphatic carbocycles. The summed E-state index contributed by atoms with van der Waals surface area (Å²) in [6, 6.07) is 22.1. The van der Waals surface area contributed by atoms with Gasteiger partial charge in [0.1, 0.15) is 5.75 Å². The first-order valence-electron chi connectivity index (χ1n) is 10.1. The molecule has 4 aromatic rings. The van der Waals surface area contributed by atoms with E-state index < -0.39 is 0 Å². The number of likely N-dealkylation sites (tertiary alicyclic amines) is 1. The van der Waals surface area contributed by atoms with Crippen molar-refractivity contribution in [2.24, 2.45) is 0 Å². The summed E-state index contributed by atoms with van der Waals surface area (Å²) in [4.78, 5) is 21.4. The minimum Gasteiger partial charge on any atom is -0.497 e. The molecule has 150 valence electrons. The first kappa shape index (κ1) is 18.8. The molecule has 0 spiro atoms. The van der Waals surface area contributed by atoms with Gasteiger partial charge in [0.25, 0.3) is 5.91 Å². The van der Waals surface area contributed by atoms with E-state index in [0.717, 1.165) is 52.3 Å². The molecule has 5 heteroatoms. The lowest BCUT2D eigenvalue weighted by molar-refractivity contribution is 0.0792. The maximum Gasteiger partial charge on any atom is 0.254 e. The highest BCUT2D eigenvalue weighted by Crippen LogP contribution is 2.32. The number of thiophene rings is 1. The van der Waals surface area contributed by atoms with Crippen molar-refractivity contribution in [2.75, 3.05) is 20.2 Å². The molecule has 0 radical (unpaired) electrons. The van der Waals surface area contributed by atoms with Gasteiger partial charge in [0.15, 0.2) is 0 Å². The normalized spacial score (nSPS) is 16.2. The lowest BCUT2D eigenvalue weighted by atomic mass is 9.98. The van der Waals surface area contributed by atoms with E-state index >= 15 is 0 Å². The van der Waals surface area contributed by atoms with Crippen LogP contribution in [0.5, 0.6) is 5.75 Å². The van der Waals surface area contributed by atoms with Crippen LogP contribution in [0.15, 0.2) is 72.1 Å². The van der Waals surface area contributed by atoms with Gasteiger partial charge in [0.2, 0.25) is 0 Å². The number of carbonyl (C=O) groups excluding carboxylic acids is 1. The van der Waals surface area contributed by atoms with Crippen LogP contribution in [0.1, 0.15) is 28.3 Å². The number of para-hydroxylation sites is 1. The fourth-order valence-electron chi connectivity index (χ4n) is 4.17. The van der Waals surface area contributed by atoms with Gasteiger partial charge in [-0.1, -0.05) is 36.4 Å². The average Bonchev–Trinajstić information content (AvgIpc) is 3.50.